The third kappa shape index (κ3) is 3.01. The van der Waals surface area contributed by atoms with Gasteiger partial charge in [-0.3, -0.25) is 4.90 Å². The van der Waals surface area contributed by atoms with Gasteiger partial charge in [0, 0.05) is 37.8 Å². The molecule has 4 atom stereocenters. The molecule has 3 heteroatoms. The van der Waals surface area contributed by atoms with Crippen molar-refractivity contribution in [1.29, 1.82) is 0 Å². The Balaban J connectivity index is 1.98. The maximum Gasteiger partial charge on any atom is 0.0252 e. The summed E-state index contributed by atoms with van der Waals surface area (Å²) in [6, 6.07) is 2.18. The van der Waals surface area contributed by atoms with E-state index in [0.29, 0.717) is 12.1 Å². The van der Waals surface area contributed by atoms with E-state index in [1.54, 1.807) is 0 Å². The average molecular weight is 239 g/mol. The molecule has 100 valence electrons. The van der Waals surface area contributed by atoms with Crippen LogP contribution in [0.3, 0.4) is 0 Å². The van der Waals surface area contributed by atoms with Gasteiger partial charge in [0.05, 0.1) is 0 Å². The van der Waals surface area contributed by atoms with Crippen LogP contribution in [0.5, 0.6) is 0 Å². The van der Waals surface area contributed by atoms with E-state index >= 15 is 0 Å². The summed E-state index contributed by atoms with van der Waals surface area (Å²) in [4.78, 5) is 5.22. The van der Waals surface area contributed by atoms with Crippen LogP contribution < -0.4 is 5.32 Å². The highest BCUT2D eigenvalue weighted by Crippen LogP contribution is 2.28. The van der Waals surface area contributed by atoms with E-state index in [1.165, 1.54) is 38.9 Å². The third-order valence-electron chi connectivity index (χ3n) is 4.91. The SMILES string of the molecule is CNC1CCC(C)CC1N1CCN(C)C(C)C1. The molecule has 1 saturated heterocycles. The van der Waals surface area contributed by atoms with Crippen molar-refractivity contribution in [3.63, 3.8) is 0 Å². The summed E-state index contributed by atoms with van der Waals surface area (Å²) in [5.41, 5.74) is 0. The summed E-state index contributed by atoms with van der Waals surface area (Å²) in [7, 11) is 4.38. The molecular formula is C14H29N3. The Bertz CT molecular complexity index is 244. The van der Waals surface area contributed by atoms with Gasteiger partial charge >= 0.3 is 0 Å². The Labute approximate surface area is 107 Å². The van der Waals surface area contributed by atoms with Crippen LogP contribution >= 0.6 is 0 Å². The minimum absolute atomic E-state index is 0.707. The van der Waals surface area contributed by atoms with Gasteiger partial charge in [0.2, 0.25) is 0 Å². The normalized spacial score (nSPS) is 41.6. The smallest absolute Gasteiger partial charge is 0.0252 e. The Morgan fingerprint density at radius 1 is 1.12 bits per heavy atom. The van der Waals surface area contributed by atoms with Crippen LogP contribution in [0, 0.1) is 5.92 Å². The van der Waals surface area contributed by atoms with Gasteiger partial charge in [0.25, 0.3) is 0 Å². The monoisotopic (exact) mass is 239 g/mol. The summed E-state index contributed by atoms with van der Waals surface area (Å²) in [5.74, 6) is 0.902. The zero-order valence-corrected chi connectivity index (χ0v) is 11.9. The van der Waals surface area contributed by atoms with Crippen LogP contribution in [0.15, 0.2) is 0 Å². The predicted octanol–water partition coefficient (Wildman–Crippen LogP) is 1.40. The average Bonchev–Trinajstić information content (AvgIpc) is 2.32. The van der Waals surface area contributed by atoms with Crippen molar-refractivity contribution in [3.8, 4) is 0 Å². The molecule has 0 bridgehead atoms. The number of hydrogen-bond donors (Lipinski definition) is 1. The zero-order valence-electron chi connectivity index (χ0n) is 11.9. The summed E-state index contributed by atoms with van der Waals surface area (Å²) in [5, 5.41) is 3.54. The van der Waals surface area contributed by atoms with Crippen molar-refractivity contribution in [1.82, 2.24) is 15.1 Å². The fourth-order valence-electron chi connectivity index (χ4n) is 3.47. The fraction of sp³-hybridized carbons (Fsp3) is 1.00. The lowest BCUT2D eigenvalue weighted by Crippen LogP contribution is -2.59. The molecule has 1 aliphatic carbocycles. The Hall–Kier alpha value is -0.120. The molecule has 1 heterocycles. The Morgan fingerprint density at radius 3 is 2.53 bits per heavy atom. The van der Waals surface area contributed by atoms with Crippen LogP contribution in [0.2, 0.25) is 0 Å². The highest BCUT2D eigenvalue weighted by Gasteiger charge is 2.34. The van der Waals surface area contributed by atoms with E-state index in [9.17, 15) is 0 Å². The van der Waals surface area contributed by atoms with Crippen molar-refractivity contribution < 1.29 is 0 Å². The van der Waals surface area contributed by atoms with Gasteiger partial charge in [-0.2, -0.15) is 0 Å². The van der Waals surface area contributed by atoms with Gasteiger partial charge in [-0.1, -0.05) is 6.92 Å². The highest BCUT2D eigenvalue weighted by atomic mass is 15.3. The van der Waals surface area contributed by atoms with Crippen molar-refractivity contribution in [2.24, 2.45) is 5.92 Å². The van der Waals surface area contributed by atoms with E-state index in [-0.39, 0.29) is 0 Å². The number of nitrogens with zero attached hydrogens (tertiary/aromatic N) is 2. The zero-order chi connectivity index (χ0) is 12.4. The second-order valence-electron chi connectivity index (χ2n) is 6.21. The van der Waals surface area contributed by atoms with Crippen molar-refractivity contribution in [2.45, 2.75) is 51.2 Å². The molecule has 2 rings (SSSR count). The van der Waals surface area contributed by atoms with Crippen LogP contribution in [-0.2, 0) is 0 Å². The molecule has 4 unspecified atom stereocenters. The second-order valence-corrected chi connectivity index (χ2v) is 6.21. The molecular weight excluding hydrogens is 210 g/mol. The lowest BCUT2D eigenvalue weighted by atomic mass is 9.82. The molecule has 0 aromatic carbocycles. The first-order chi connectivity index (χ1) is 8.11. The second kappa shape index (κ2) is 5.68. The molecule has 1 aliphatic heterocycles. The van der Waals surface area contributed by atoms with Gasteiger partial charge in [-0.15, -0.1) is 0 Å². The maximum absolute atomic E-state index is 3.54. The van der Waals surface area contributed by atoms with E-state index in [4.69, 9.17) is 0 Å². The van der Waals surface area contributed by atoms with Gasteiger partial charge in [0.1, 0.15) is 0 Å². The maximum atomic E-state index is 3.54. The van der Waals surface area contributed by atoms with E-state index in [2.05, 4.69) is 43.1 Å². The van der Waals surface area contributed by atoms with Crippen LogP contribution in [0.25, 0.3) is 0 Å². The van der Waals surface area contributed by atoms with E-state index < -0.39 is 0 Å². The van der Waals surface area contributed by atoms with Gasteiger partial charge in [-0.05, 0) is 46.2 Å². The number of nitrogens with one attached hydrogen (secondary N) is 1. The van der Waals surface area contributed by atoms with E-state index in [0.717, 1.165) is 12.0 Å². The molecule has 0 amide bonds. The predicted molar refractivity (Wildman–Crippen MR) is 73.3 cm³/mol. The molecule has 1 N–H and O–H groups in total. The Kier molecular flexibility index (Phi) is 4.45. The minimum Gasteiger partial charge on any atom is -0.315 e. The van der Waals surface area contributed by atoms with Crippen molar-refractivity contribution >= 4 is 0 Å². The standard InChI is InChI=1S/C14H29N3/c1-11-5-6-13(15-3)14(9-11)17-8-7-16(4)12(2)10-17/h11-15H,5-10H2,1-4H3. The van der Waals surface area contributed by atoms with Gasteiger partial charge < -0.3 is 10.2 Å². The third-order valence-corrected chi connectivity index (χ3v) is 4.91. The quantitative estimate of drug-likeness (QED) is 0.786. The first-order valence-electron chi connectivity index (χ1n) is 7.23. The van der Waals surface area contributed by atoms with Gasteiger partial charge in [-0.25, -0.2) is 0 Å². The fourth-order valence-corrected chi connectivity index (χ4v) is 3.47. The molecule has 0 aromatic rings. The molecule has 17 heavy (non-hydrogen) atoms. The lowest BCUT2D eigenvalue weighted by molar-refractivity contribution is 0.0347. The first-order valence-corrected chi connectivity index (χ1v) is 7.23. The molecule has 0 radical (unpaired) electrons. The minimum atomic E-state index is 0.707. The number of hydrogen-bond acceptors (Lipinski definition) is 3. The summed E-state index contributed by atoms with van der Waals surface area (Å²) in [6.07, 6.45) is 4.12. The van der Waals surface area contributed by atoms with Crippen molar-refractivity contribution in [3.05, 3.63) is 0 Å². The molecule has 2 aliphatic rings. The topological polar surface area (TPSA) is 18.5 Å². The van der Waals surface area contributed by atoms with Crippen molar-refractivity contribution in [2.75, 3.05) is 33.7 Å². The first kappa shape index (κ1) is 13.3. The van der Waals surface area contributed by atoms with E-state index in [1.807, 2.05) is 0 Å². The summed E-state index contributed by atoms with van der Waals surface area (Å²) < 4.78 is 0. The van der Waals surface area contributed by atoms with Crippen LogP contribution in [0.4, 0.5) is 0 Å². The number of piperazine rings is 1. The molecule has 2 fully saturated rings. The Morgan fingerprint density at radius 2 is 1.88 bits per heavy atom. The summed E-state index contributed by atoms with van der Waals surface area (Å²) in [6.45, 7) is 8.48. The van der Waals surface area contributed by atoms with Crippen LogP contribution in [-0.4, -0.2) is 61.7 Å². The van der Waals surface area contributed by atoms with Crippen LogP contribution in [0.1, 0.15) is 33.1 Å². The number of likely N-dealkylation sites (N-methyl/N-ethyl adjacent to an activating group) is 2. The summed E-state index contributed by atoms with van der Waals surface area (Å²) >= 11 is 0. The molecule has 0 aromatic heterocycles. The largest absolute Gasteiger partial charge is 0.315 e. The molecule has 1 saturated carbocycles. The van der Waals surface area contributed by atoms with Gasteiger partial charge in [0.15, 0.2) is 0 Å². The lowest BCUT2D eigenvalue weighted by Gasteiger charge is -2.47. The number of rotatable bonds is 2. The highest BCUT2D eigenvalue weighted by molar-refractivity contribution is 4.92. The molecule has 3 nitrogen and oxygen atoms in total. The molecule has 0 spiro atoms.